The van der Waals surface area contributed by atoms with E-state index in [4.69, 9.17) is 5.53 Å². The van der Waals surface area contributed by atoms with Gasteiger partial charge in [0.15, 0.2) is 0 Å². The molecule has 1 aromatic carbocycles. The Morgan fingerprint density at radius 3 is 2.06 bits per heavy atom. The molecule has 0 spiro atoms. The Morgan fingerprint density at radius 2 is 1.76 bits per heavy atom. The number of nitrogens with zero attached hydrogens (tertiary/aromatic N) is 4. The minimum atomic E-state index is 0.862. The second-order valence-corrected chi connectivity index (χ2v) is 2.80. The summed E-state index contributed by atoms with van der Waals surface area (Å²) >= 11 is 4.45. The van der Waals surface area contributed by atoms with Crippen molar-refractivity contribution in [2.24, 2.45) is 10.1 Å². The largest absolute Gasteiger partial charge is 0.195 e. The number of hydrogen-bond acceptors (Lipinski definition) is 3. The minimum Gasteiger partial charge on any atom is -0.195 e. The van der Waals surface area contributed by atoms with E-state index >= 15 is 0 Å². The summed E-state index contributed by atoms with van der Waals surface area (Å²) in [6, 6.07) is 7.81. The standard InChI is InChI=1S/C8H7NS.C3H4.CH3N3/c1-7-2-4-8(5-3-7)9-6-10;1-3-2;1-3-4-2/h2-5H,1H3;1H,2H3;1H3. The van der Waals surface area contributed by atoms with Crippen molar-refractivity contribution in [1.29, 1.82) is 0 Å². The lowest BCUT2D eigenvalue weighted by Gasteiger charge is -1.90. The van der Waals surface area contributed by atoms with Gasteiger partial charge < -0.3 is 0 Å². The van der Waals surface area contributed by atoms with Crippen molar-refractivity contribution >= 4 is 23.1 Å². The van der Waals surface area contributed by atoms with Gasteiger partial charge in [0.2, 0.25) is 0 Å². The monoisotopic (exact) mass is 246 g/mol. The minimum absolute atomic E-state index is 0.862. The smallest absolute Gasteiger partial charge is 0.0739 e. The highest BCUT2D eigenvalue weighted by atomic mass is 32.1. The van der Waals surface area contributed by atoms with Crippen molar-refractivity contribution < 1.29 is 0 Å². The zero-order chi connectivity index (χ0) is 13.5. The number of isothiocyanates is 1. The molecule has 0 aliphatic rings. The summed E-state index contributed by atoms with van der Waals surface area (Å²) in [5.41, 5.74) is 9.42. The molecule has 0 saturated heterocycles. The highest BCUT2D eigenvalue weighted by Crippen LogP contribution is 2.10. The van der Waals surface area contributed by atoms with Crippen LogP contribution in [0.5, 0.6) is 0 Å². The molecule has 5 heteroatoms. The number of aliphatic imine (C=N–C) groups is 1. The fourth-order valence-corrected chi connectivity index (χ4v) is 0.777. The molecule has 0 amide bonds. The summed E-state index contributed by atoms with van der Waals surface area (Å²) in [5.74, 6) is 2.25. The Morgan fingerprint density at radius 1 is 1.35 bits per heavy atom. The lowest BCUT2D eigenvalue weighted by Crippen LogP contribution is -1.67. The third kappa shape index (κ3) is 13.9. The lowest BCUT2D eigenvalue weighted by atomic mass is 10.2. The van der Waals surface area contributed by atoms with Crippen LogP contribution in [-0.4, -0.2) is 12.2 Å². The fourth-order valence-electron chi connectivity index (χ4n) is 0.672. The van der Waals surface area contributed by atoms with Gasteiger partial charge in [-0.05, 0) is 43.7 Å². The maximum absolute atomic E-state index is 7.33. The molecule has 88 valence electrons. The molecular weight excluding hydrogens is 232 g/mol. The Bertz CT molecular complexity index is 433. The molecule has 0 atom stereocenters. The average molecular weight is 246 g/mol. The van der Waals surface area contributed by atoms with Crippen LogP contribution in [-0.2, 0) is 0 Å². The molecule has 4 nitrogen and oxygen atoms in total. The van der Waals surface area contributed by atoms with Crippen molar-refractivity contribution in [3.05, 3.63) is 40.3 Å². The molecule has 0 aliphatic heterocycles. The van der Waals surface area contributed by atoms with E-state index in [0.29, 0.717) is 0 Å². The Balaban J connectivity index is 0. The van der Waals surface area contributed by atoms with Crippen molar-refractivity contribution in [2.45, 2.75) is 13.8 Å². The average Bonchev–Trinajstić information content (AvgIpc) is 2.34. The normalized spacial score (nSPS) is 6.47. The molecule has 1 rings (SSSR count). The van der Waals surface area contributed by atoms with E-state index in [0.717, 1.165) is 5.69 Å². The Kier molecular flexibility index (Phi) is 14.1. The van der Waals surface area contributed by atoms with Gasteiger partial charge in [0.05, 0.1) is 10.8 Å². The quantitative estimate of drug-likeness (QED) is 0.182. The number of rotatable bonds is 1. The van der Waals surface area contributed by atoms with Crippen LogP contribution in [0.3, 0.4) is 0 Å². The number of azide groups is 1. The highest BCUT2D eigenvalue weighted by molar-refractivity contribution is 7.78. The van der Waals surface area contributed by atoms with Gasteiger partial charge in [-0.2, -0.15) is 4.99 Å². The summed E-state index contributed by atoms with van der Waals surface area (Å²) in [5, 5.41) is 5.23. The number of benzene rings is 1. The molecule has 0 saturated carbocycles. The number of aryl methyl sites for hydroxylation is 1. The summed E-state index contributed by atoms with van der Waals surface area (Å²) in [6.07, 6.45) is 4.60. The van der Waals surface area contributed by atoms with Gasteiger partial charge in [-0.25, -0.2) is 0 Å². The first-order chi connectivity index (χ1) is 8.15. The van der Waals surface area contributed by atoms with Crippen molar-refractivity contribution in [3.8, 4) is 12.3 Å². The zero-order valence-corrected chi connectivity index (χ0v) is 10.9. The molecule has 0 fully saturated rings. The predicted octanol–water partition coefficient (Wildman–Crippen LogP) is 4.30. The molecule has 17 heavy (non-hydrogen) atoms. The topological polar surface area (TPSA) is 61.1 Å². The first-order valence-electron chi connectivity index (χ1n) is 4.61. The highest BCUT2D eigenvalue weighted by Gasteiger charge is 1.84. The molecule has 0 heterocycles. The Labute approximate surface area is 107 Å². The number of terminal acetylenes is 1. The van der Waals surface area contributed by atoms with Gasteiger partial charge in [0.25, 0.3) is 0 Å². The summed E-state index contributed by atoms with van der Waals surface area (Å²) in [4.78, 5) is 6.17. The zero-order valence-electron chi connectivity index (χ0n) is 10.1. The molecule has 0 bridgehead atoms. The van der Waals surface area contributed by atoms with E-state index in [-0.39, 0.29) is 0 Å². The van der Waals surface area contributed by atoms with Gasteiger partial charge in [-0.15, -0.1) is 12.3 Å². The molecule has 0 aliphatic carbocycles. The fraction of sp³-hybridized carbons (Fsp3) is 0.250. The van der Waals surface area contributed by atoms with Gasteiger partial charge >= 0.3 is 0 Å². The second kappa shape index (κ2) is 13.9. The van der Waals surface area contributed by atoms with E-state index in [2.05, 4.69) is 44.7 Å². The van der Waals surface area contributed by atoms with Gasteiger partial charge in [0.1, 0.15) is 0 Å². The van der Waals surface area contributed by atoms with Gasteiger partial charge in [-0.3, -0.25) is 0 Å². The van der Waals surface area contributed by atoms with E-state index < -0.39 is 0 Å². The summed E-state index contributed by atoms with van der Waals surface area (Å²) in [7, 11) is 1.39. The Hall–Kier alpha value is -2.11. The van der Waals surface area contributed by atoms with Crippen LogP contribution in [0, 0.1) is 19.3 Å². The van der Waals surface area contributed by atoms with Crippen molar-refractivity contribution in [1.82, 2.24) is 0 Å². The lowest BCUT2D eigenvalue weighted by molar-refractivity contribution is 1.40. The van der Waals surface area contributed by atoms with E-state index in [1.54, 1.807) is 6.92 Å². The number of hydrogen-bond donors (Lipinski definition) is 0. The summed E-state index contributed by atoms with van der Waals surface area (Å²) < 4.78 is 0. The maximum atomic E-state index is 7.33. The molecule has 1 aromatic rings. The summed E-state index contributed by atoms with van der Waals surface area (Å²) in [6.45, 7) is 3.69. The molecule has 0 aromatic heterocycles. The van der Waals surface area contributed by atoms with Crippen molar-refractivity contribution in [2.75, 3.05) is 7.05 Å². The van der Waals surface area contributed by atoms with Gasteiger partial charge in [0, 0.05) is 12.0 Å². The van der Waals surface area contributed by atoms with Crippen LogP contribution in [0.4, 0.5) is 5.69 Å². The SMILES string of the molecule is C#CC.CN=[N+]=[N-].Cc1ccc(N=C=S)cc1. The first-order valence-corrected chi connectivity index (χ1v) is 5.02. The van der Waals surface area contributed by atoms with Crippen LogP contribution >= 0.6 is 12.2 Å². The maximum Gasteiger partial charge on any atom is 0.0739 e. The van der Waals surface area contributed by atoms with Crippen LogP contribution in [0.25, 0.3) is 10.4 Å². The van der Waals surface area contributed by atoms with E-state index in [1.165, 1.54) is 12.6 Å². The van der Waals surface area contributed by atoms with Gasteiger partial charge in [-0.1, -0.05) is 22.8 Å². The van der Waals surface area contributed by atoms with E-state index in [9.17, 15) is 0 Å². The molecular formula is C12H14N4S. The molecule has 0 unspecified atom stereocenters. The second-order valence-electron chi connectivity index (χ2n) is 2.62. The van der Waals surface area contributed by atoms with Crippen molar-refractivity contribution in [3.63, 3.8) is 0 Å². The third-order valence-corrected chi connectivity index (χ3v) is 1.39. The van der Waals surface area contributed by atoms with Crippen LogP contribution in [0.1, 0.15) is 12.5 Å². The predicted molar refractivity (Wildman–Crippen MR) is 75.4 cm³/mol. The van der Waals surface area contributed by atoms with Crippen LogP contribution < -0.4 is 0 Å². The molecule has 0 N–H and O–H groups in total. The first kappa shape index (κ1) is 17.3. The van der Waals surface area contributed by atoms with Crippen LogP contribution in [0.2, 0.25) is 0 Å². The van der Waals surface area contributed by atoms with E-state index in [1.807, 2.05) is 31.2 Å². The third-order valence-electron chi connectivity index (χ3n) is 1.30. The molecule has 0 radical (unpaired) electrons. The van der Waals surface area contributed by atoms with Crippen LogP contribution in [0.15, 0.2) is 34.4 Å². The number of thiocarbonyl (C=S) groups is 1.